The second-order valence-electron chi connectivity index (χ2n) is 5.68. The van der Waals surface area contributed by atoms with Crippen molar-refractivity contribution in [2.45, 2.75) is 0 Å². The van der Waals surface area contributed by atoms with Crippen molar-refractivity contribution in [3.05, 3.63) is 84.7 Å². The van der Waals surface area contributed by atoms with Crippen molar-refractivity contribution in [2.75, 3.05) is 5.32 Å². The summed E-state index contributed by atoms with van der Waals surface area (Å²) < 4.78 is 19.0. The fourth-order valence-electron chi connectivity index (χ4n) is 2.68. The van der Waals surface area contributed by atoms with Crippen LogP contribution >= 0.6 is 0 Å². The summed E-state index contributed by atoms with van der Waals surface area (Å²) in [5, 5.41) is 6.47. The Morgan fingerprint density at radius 3 is 2.44 bits per heavy atom. The summed E-state index contributed by atoms with van der Waals surface area (Å²) in [6, 6.07) is 14.8. The van der Waals surface area contributed by atoms with E-state index >= 15 is 0 Å². The first kappa shape index (κ1) is 16.6. The topological polar surface area (TPSA) is 80.9 Å². The number of aromatic nitrogens is 3. The van der Waals surface area contributed by atoms with Crippen molar-refractivity contribution in [3.8, 4) is 22.4 Å². The van der Waals surface area contributed by atoms with Crippen molar-refractivity contribution in [1.29, 1.82) is 0 Å². The maximum atomic E-state index is 13.9. The van der Waals surface area contributed by atoms with E-state index in [4.69, 9.17) is 4.52 Å². The summed E-state index contributed by atoms with van der Waals surface area (Å²) in [5.74, 6) is -0.679. The molecule has 0 saturated carbocycles. The van der Waals surface area contributed by atoms with Gasteiger partial charge < -0.3 is 4.52 Å². The van der Waals surface area contributed by atoms with Crippen molar-refractivity contribution >= 4 is 11.8 Å². The summed E-state index contributed by atoms with van der Waals surface area (Å²) >= 11 is 0. The van der Waals surface area contributed by atoms with Crippen LogP contribution in [0.2, 0.25) is 0 Å². The number of hydrogen-bond acceptors (Lipinski definition) is 5. The van der Waals surface area contributed by atoms with E-state index in [1.165, 1.54) is 18.5 Å². The second-order valence-corrected chi connectivity index (χ2v) is 5.68. The van der Waals surface area contributed by atoms with Crippen molar-refractivity contribution in [3.63, 3.8) is 0 Å². The van der Waals surface area contributed by atoms with E-state index in [-0.39, 0.29) is 11.8 Å². The molecule has 0 unspecified atom stereocenters. The molecule has 4 aromatic rings. The molecule has 2 aromatic carbocycles. The van der Waals surface area contributed by atoms with Gasteiger partial charge in [-0.25, -0.2) is 14.4 Å². The number of nitrogens with zero attached hydrogens (tertiary/aromatic N) is 3. The number of anilines is 1. The van der Waals surface area contributed by atoms with E-state index in [1.54, 1.807) is 48.8 Å². The molecular weight excluding hydrogens is 347 g/mol. The van der Waals surface area contributed by atoms with E-state index in [2.05, 4.69) is 20.4 Å². The maximum absolute atomic E-state index is 13.9. The minimum Gasteiger partial charge on any atom is -0.338 e. The van der Waals surface area contributed by atoms with Gasteiger partial charge in [-0.05, 0) is 23.8 Å². The van der Waals surface area contributed by atoms with Crippen LogP contribution in [0.15, 0.2) is 77.8 Å². The lowest BCUT2D eigenvalue weighted by Crippen LogP contribution is -2.12. The Morgan fingerprint density at radius 2 is 1.67 bits per heavy atom. The largest absolute Gasteiger partial charge is 0.338 e. The molecule has 0 aliphatic rings. The zero-order valence-corrected chi connectivity index (χ0v) is 14.0. The van der Waals surface area contributed by atoms with E-state index in [1.807, 2.05) is 6.07 Å². The maximum Gasteiger partial charge on any atom is 0.258 e. The molecule has 4 rings (SSSR count). The molecule has 1 amide bonds. The third-order valence-electron chi connectivity index (χ3n) is 3.94. The Labute approximate surface area is 153 Å². The van der Waals surface area contributed by atoms with Gasteiger partial charge in [-0.15, -0.1) is 0 Å². The highest BCUT2D eigenvalue weighted by atomic mass is 19.1. The van der Waals surface area contributed by atoms with Crippen LogP contribution in [0, 0.1) is 5.82 Å². The molecule has 0 aliphatic heterocycles. The van der Waals surface area contributed by atoms with Gasteiger partial charge in [-0.1, -0.05) is 35.5 Å². The highest BCUT2D eigenvalue weighted by Gasteiger charge is 2.16. The van der Waals surface area contributed by atoms with Gasteiger partial charge in [0.2, 0.25) is 5.88 Å². The monoisotopic (exact) mass is 360 g/mol. The summed E-state index contributed by atoms with van der Waals surface area (Å²) in [4.78, 5) is 20.7. The molecule has 0 spiro atoms. The third kappa shape index (κ3) is 3.43. The first-order valence-electron chi connectivity index (χ1n) is 8.10. The van der Waals surface area contributed by atoms with Crippen molar-refractivity contribution in [2.24, 2.45) is 0 Å². The van der Waals surface area contributed by atoms with Gasteiger partial charge in [0.15, 0.2) is 0 Å². The molecule has 0 aliphatic carbocycles. The van der Waals surface area contributed by atoms with Gasteiger partial charge in [0, 0.05) is 35.2 Å². The minimum atomic E-state index is -0.418. The summed E-state index contributed by atoms with van der Waals surface area (Å²) in [7, 11) is 0. The number of rotatable bonds is 4. The number of amides is 1. The highest BCUT2D eigenvalue weighted by molar-refractivity contribution is 6.08. The summed E-state index contributed by atoms with van der Waals surface area (Å²) in [6.45, 7) is 0. The standard InChI is InChI=1S/C20H13FN4O2/c21-17-8-4-3-7-16(17)18-9-19(27-25-18)24-20(26)15-6-2-1-5-14(15)13-10-22-12-23-11-13/h1-12H,(H,24,26). The van der Waals surface area contributed by atoms with Crippen LogP contribution in [0.5, 0.6) is 0 Å². The molecule has 1 N–H and O–H groups in total. The number of nitrogens with one attached hydrogen (secondary N) is 1. The fraction of sp³-hybridized carbons (Fsp3) is 0. The second kappa shape index (κ2) is 7.17. The molecule has 0 atom stereocenters. The molecule has 0 saturated heterocycles. The fourth-order valence-corrected chi connectivity index (χ4v) is 2.68. The molecule has 27 heavy (non-hydrogen) atoms. The van der Waals surface area contributed by atoms with Crippen LogP contribution in [0.25, 0.3) is 22.4 Å². The first-order chi connectivity index (χ1) is 13.2. The van der Waals surface area contributed by atoms with E-state index in [0.29, 0.717) is 27.9 Å². The molecule has 0 bridgehead atoms. The van der Waals surface area contributed by atoms with Crippen LogP contribution in [0.1, 0.15) is 10.4 Å². The predicted octanol–water partition coefficient (Wildman–Crippen LogP) is 4.19. The third-order valence-corrected chi connectivity index (χ3v) is 3.94. The van der Waals surface area contributed by atoms with Gasteiger partial charge in [0.1, 0.15) is 17.8 Å². The molecule has 2 aromatic heterocycles. The highest BCUT2D eigenvalue weighted by Crippen LogP contribution is 2.26. The first-order valence-corrected chi connectivity index (χ1v) is 8.10. The quantitative estimate of drug-likeness (QED) is 0.590. The SMILES string of the molecule is O=C(Nc1cc(-c2ccccc2F)no1)c1ccccc1-c1cncnc1. The molecular formula is C20H13FN4O2. The molecule has 0 radical (unpaired) electrons. The van der Waals surface area contributed by atoms with Crippen LogP contribution in [-0.2, 0) is 0 Å². The normalized spacial score (nSPS) is 10.6. The van der Waals surface area contributed by atoms with Crippen molar-refractivity contribution in [1.82, 2.24) is 15.1 Å². The predicted molar refractivity (Wildman–Crippen MR) is 97.3 cm³/mol. The zero-order valence-electron chi connectivity index (χ0n) is 14.0. The summed E-state index contributed by atoms with van der Waals surface area (Å²) in [6.07, 6.45) is 4.68. The Morgan fingerprint density at radius 1 is 0.963 bits per heavy atom. The van der Waals surface area contributed by atoms with Crippen LogP contribution in [0.4, 0.5) is 10.3 Å². The number of halogens is 1. The van der Waals surface area contributed by atoms with Gasteiger partial charge in [0.05, 0.1) is 0 Å². The lowest BCUT2D eigenvalue weighted by atomic mass is 10.0. The molecule has 6 nitrogen and oxygen atoms in total. The van der Waals surface area contributed by atoms with Crippen LogP contribution in [0.3, 0.4) is 0 Å². The number of benzene rings is 2. The van der Waals surface area contributed by atoms with Gasteiger partial charge >= 0.3 is 0 Å². The minimum absolute atomic E-state index is 0.123. The van der Waals surface area contributed by atoms with E-state index in [0.717, 1.165) is 0 Å². The Balaban J connectivity index is 1.60. The number of hydrogen-bond donors (Lipinski definition) is 1. The number of carbonyl (C=O) groups is 1. The van der Waals surface area contributed by atoms with Gasteiger partial charge in [0.25, 0.3) is 5.91 Å². The lowest BCUT2D eigenvalue weighted by molar-refractivity contribution is 0.102. The van der Waals surface area contributed by atoms with Gasteiger partial charge in [-0.2, -0.15) is 0 Å². The van der Waals surface area contributed by atoms with Crippen LogP contribution < -0.4 is 5.32 Å². The smallest absolute Gasteiger partial charge is 0.258 e. The van der Waals surface area contributed by atoms with Crippen molar-refractivity contribution < 1.29 is 13.7 Å². The van der Waals surface area contributed by atoms with E-state index < -0.39 is 5.82 Å². The molecule has 2 heterocycles. The molecule has 0 fully saturated rings. The van der Waals surface area contributed by atoms with Crippen LogP contribution in [-0.4, -0.2) is 21.0 Å². The average molecular weight is 360 g/mol. The van der Waals surface area contributed by atoms with E-state index in [9.17, 15) is 9.18 Å². The van der Waals surface area contributed by atoms with Gasteiger partial charge in [-0.3, -0.25) is 10.1 Å². The Bertz CT molecular complexity index is 1100. The zero-order chi connectivity index (χ0) is 18.6. The Hall–Kier alpha value is -3.87. The molecule has 132 valence electrons. The molecule has 7 heteroatoms. The average Bonchev–Trinajstić information content (AvgIpc) is 3.17. The summed E-state index contributed by atoms with van der Waals surface area (Å²) in [5.41, 5.74) is 2.42. The lowest BCUT2D eigenvalue weighted by Gasteiger charge is -2.08. The number of carbonyl (C=O) groups excluding carboxylic acids is 1. The Kier molecular flexibility index (Phi) is 4.40.